The highest BCUT2D eigenvalue weighted by Gasteiger charge is 2.51. The van der Waals surface area contributed by atoms with Crippen molar-refractivity contribution in [1.82, 2.24) is 0 Å². The molecule has 214 valence electrons. The molecule has 4 rings (SSSR count). The molecule has 0 aromatic rings. The van der Waals surface area contributed by atoms with Crippen molar-refractivity contribution in [3.05, 3.63) is 36.0 Å². The van der Waals surface area contributed by atoms with Gasteiger partial charge < -0.3 is 54.3 Å². The zero-order valence-corrected chi connectivity index (χ0v) is 21.6. The molecule has 0 aromatic heterocycles. The Morgan fingerprint density at radius 2 is 1.87 bits per heavy atom. The van der Waals surface area contributed by atoms with Crippen LogP contribution in [0.1, 0.15) is 26.7 Å². The van der Waals surface area contributed by atoms with E-state index >= 15 is 0 Å². The molecule has 0 unspecified atom stereocenters. The van der Waals surface area contributed by atoms with E-state index in [0.717, 1.165) is 5.57 Å². The van der Waals surface area contributed by atoms with Crippen LogP contribution in [0.3, 0.4) is 0 Å². The van der Waals surface area contributed by atoms with Crippen molar-refractivity contribution < 1.29 is 59.1 Å². The molecule has 1 aliphatic carbocycles. The average molecular weight is 543 g/mol. The number of carbonyl (C=O) groups excluding carboxylic acids is 1. The lowest BCUT2D eigenvalue weighted by molar-refractivity contribution is -0.308. The van der Waals surface area contributed by atoms with Crippen LogP contribution < -0.4 is 0 Å². The number of esters is 1. The van der Waals surface area contributed by atoms with E-state index in [1.165, 1.54) is 0 Å². The fourth-order valence-corrected chi connectivity index (χ4v) is 5.55. The van der Waals surface area contributed by atoms with Crippen LogP contribution in [0.5, 0.6) is 0 Å². The summed E-state index contributed by atoms with van der Waals surface area (Å²) in [5.74, 6) is -0.465. The summed E-state index contributed by atoms with van der Waals surface area (Å²) in [6.45, 7) is 10.4. The third-order valence-electron chi connectivity index (χ3n) is 8.34. The SMILES string of the molecule is C=C[C@]1(C)C[C@@H]2OC(=O)C(C)=C2C[C@H]1C(=C)CO[C@@H]1O[C@H](CO[C@@H]2OC[C@](O)(CO)[C@H]2O)[C@@H](O)[C@H](O)[C@H]1O. The van der Waals surface area contributed by atoms with Gasteiger partial charge in [-0.25, -0.2) is 4.79 Å². The summed E-state index contributed by atoms with van der Waals surface area (Å²) < 4.78 is 27.6. The number of rotatable bonds is 9. The third-order valence-corrected chi connectivity index (χ3v) is 8.34. The summed E-state index contributed by atoms with van der Waals surface area (Å²) in [5.41, 5.74) is -0.130. The molecule has 12 nitrogen and oxygen atoms in total. The van der Waals surface area contributed by atoms with Gasteiger partial charge in [-0.3, -0.25) is 0 Å². The molecule has 3 fully saturated rings. The van der Waals surface area contributed by atoms with E-state index in [9.17, 15) is 35.4 Å². The highest BCUT2D eigenvalue weighted by Crippen LogP contribution is 2.50. The number of carbonyl (C=O) groups is 1. The number of fused-ring (bicyclic) bond motifs is 1. The van der Waals surface area contributed by atoms with Gasteiger partial charge in [0.1, 0.15) is 42.2 Å². The standard InChI is InChI=1S/C26H38O12/c1-5-25(4)7-16-14(13(3)22(32)37-16)6-15(25)12(2)8-34-23-20(30)19(29)18(28)17(38-23)9-35-24-21(31)26(33,10-27)11-36-24/h5,15-21,23-24,27-31,33H,1-2,6-11H2,3-4H3/t15-,16-,17+,18+,19-,20+,21-,23+,24+,25+,26+/m0/s1. The van der Waals surface area contributed by atoms with E-state index in [2.05, 4.69) is 13.2 Å². The first-order valence-corrected chi connectivity index (χ1v) is 12.6. The van der Waals surface area contributed by atoms with Gasteiger partial charge in [-0.05, 0) is 42.2 Å². The summed E-state index contributed by atoms with van der Waals surface area (Å²) in [5, 5.41) is 60.8. The van der Waals surface area contributed by atoms with Gasteiger partial charge in [0.25, 0.3) is 0 Å². The molecule has 11 atom stereocenters. The highest BCUT2D eigenvalue weighted by molar-refractivity contribution is 5.91. The van der Waals surface area contributed by atoms with Crippen molar-refractivity contribution in [3.8, 4) is 0 Å². The van der Waals surface area contributed by atoms with Crippen LogP contribution in [0, 0.1) is 11.3 Å². The lowest BCUT2D eigenvalue weighted by atomic mass is 9.62. The Kier molecular flexibility index (Phi) is 8.51. The smallest absolute Gasteiger partial charge is 0.334 e. The number of allylic oxidation sites excluding steroid dienone is 1. The Hall–Kier alpha value is -1.71. The Balaban J connectivity index is 1.38. The van der Waals surface area contributed by atoms with E-state index in [1.54, 1.807) is 6.92 Å². The number of aliphatic hydroxyl groups excluding tert-OH is 5. The Labute approximate surface area is 220 Å². The molecule has 0 aromatic carbocycles. The van der Waals surface area contributed by atoms with E-state index in [4.69, 9.17) is 23.7 Å². The van der Waals surface area contributed by atoms with E-state index in [0.29, 0.717) is 24.0 Å². The molecule has 0 amide bonds. The molecule has 38 heavy (non-hydrogen) atoms. The van der Waals surface area contributed by atoms with Crippen molar-refractivity contribution in [2.75, 3.05) is 26.4 Å². The van der Waals surface area contributed by atoms with Gasteiger partial charge in [0.05, 0.1) is 26.4 Å². The second-order valence-electron chi connectivity index (χ2n) is 10.9. The molecule has 2 saturated heterocycles. The highest BCUT2D eigenvalue weighted by atomic mass is 16.7. The number of ether oxygens (including phenoxy) is 5. The maximum atomic E-state index is 12.1. The molecule has 0 bridgehead atoms. The molecule has 0 radical (unpaired) electrons. The normalized spacial score (nSPS) is 45.2. The predicted molar refractivity (Wildman–Crippen MR) is 129 cm³/mol. The van der Waals surface area contributed by atoms with Gasteiger partial charge >= 0.3 is 5.97 Å². The zero-order chi connectivity index (χ0) is 28.0. The van der Waals surface area contributed by atoms with Crippen molar-refractivity contribution in [2.45, 2.75) is 81.5 Å². The van der Waals surface area contributed by atoms with Crippen LogP contribution in [0.25, 0.3) is 0 Å². The average Bonchev–Trinajstić information content (AvgIpc) is 3.34. The van der Waals surface area contributed by atoms with Gasteiger partial charge in [-0.2, -0.15) is 0 Å². The fraction of sp³-hybridized carbons (Fsp3) is 0.731. The molecule has 1 saturated carbocycles. The predicted octanol–water partition coefficient (Wildman–Crippen LogP) is -1.33. The molecule has 3 heterocycles. The minimum absolute atomic E-state index is 0.0496. The Morgan fingerprint density at radius 1 is 1.16 bits per heavy atom. The van der Waals surface area contributed by atoms with E-state index < -0.39 is 60.7 Å². The van der Waals surface area contributed by atoms with Crippen LogP contribution >= 0.6 is 0 Å². The third kappa shape index (κ3) is 5.22. The van der Waals surface area contributed by atoms with Gasteiger partial charge in [0.15, 0.2) is 12.6 Å². The van der Waals surface area contributed by atoms with Crippen molar-refractivity contribution >= 4 is 5.97 Å². The maximum Gasteiger partial charge on any atom is 0.334 e. The molecule has 6 N–H and O–H groups in total. The Bertz CT molecular complexity index is 966. The summed E-state index contributed by atoms with van der Waals surface area (Å²) in [4.78, 5) is 12.1. The summed E-state index contributed by atoms with van der Waals surface area (Å²) in [6.07, 6.45) is -7.51. The number of aliphatic hydroxyl groups is 6. The molecule has 4 aliphatic rings. The van der Waals surface area contributed by atoms with Crippen LogP contribution in [-0.2, 0) is 28.5 Å². The first kappa shape index (κ1) is 29.3. The quantitative estimate of drug-likeness (QED) is 0.149. The van der Waals surface area contributed by atoms with Gasteiger partial charge in [0.2, 0.25) is 0 Å². The summed E-state index contributed by atoms with van der Waals surface area (Å²) in [6, 6.07) is 0. The molecule has 3 aliphatic heterocycles. The van der Waals surface area contributed by atoms with Gasteiger partial charge in [-0.15, -0.1) is 6.58 Å². The zero-order valence-electron chi connectivity index (χ0n) is 21.6. The minimum Gasteiger partial charge on any atom is -0.454 e. The number of hydrogen-bond acceptors (Lipinski definition) is 12. The second-order valence-corrected chi connectivity index (χ2v) is 10.9. The fourth-order valence-electron chi connectivity index (χ4n) is 5.55. The van der Waals surface area contributed by atoms with Crippen LogP contribution in [-0.4, -0.2) is 118 Å². The van der Waals surface area contributed by atoms with Crippen LogP contribution in [0.2, 0.25) is 0 Å². The maximum absolute atomic E-state index is 12.1. The van der Waals surface area contributed by atoms with Gasteiger partial charge in [-0.1, -0.05) is 19.6 Å². The lowest BCUT2D eigenvalue weighted by Crippen LogP contribution is -2.59. The van der Waals surface area contributed by atoms with Crippen molar-refractivity contribution in [3.63, 3.8) is 0 Å². The first-order chi connectivity index (χ1) is 17.8. The number of hydrogen-bond donors (Lipinski definition) is 6. The molecular formula is C26H38O12. The monoisotopic (exact) mass is 542 g/mol. The largest absolute Gasteiger partial charge is 0.454 e. The van der Waals surface area contributed by atoms with Crippen LogP contribution in [0.15, 0.2) is 36.0 Å². The summed E-state index contributed by atoms with van der Waals surface area (Å²) in [7, 11) is 0. The first-order valence-electron chi connectivity index (χ1n) is 12.6. The second kappa shape index (κ2) is 11.0. The van der Waals surface area contributed by atoms with Crippen molar-refractivity contribution in [2.24, 2.45) is 11.3 Å². The minimum atomic E-state index is -1.88. The summed E-state index contributed by atoms with van der Waals surface area (Å²) >= 11 is 0. The molecule has 12 heteroatoms. The molecular weight excluding hydrogens is 504 g/mol. The van der Waals surface area contributed by atoms with E-state index in [1.807, 2.05) is 13.0 Å². The van der Waals surface area contributed by atoms with E-state index in [-0.39, 0.29) is 37.8 Å². The molecule has 0 spiro atoms. The Morgan fingerprint density at radius 3 is 2.50 bits per heavy atom. The lowest BCUT2D eigenvalue weighted by Gasteiger charge is -2.44. The van der Waals surface area contributed by atoms with Gasteiger partial charge in [0, 0.05) is 5.57 Å². The van der Waals surface area contributed by atoms with Crippen molar-refractivity contribution in [1.29, 1.82) is 0 Å². The topological polar surface area (TPSA) is 185 Å². The van der Waals surface area contributed by atoms with Crippen LogP contribution in [0.4, 0.5) is 0 Å².